The molecule has 0 bridgehead atoms. The number of rotatable bonds is 4. The van der Waals surface area contributed by atoms with E-state index in [1.54, 1.807) is 17.5 Å². The smallest absolute Gasteiger partial charge is 0.195 e. The minimum Gasteiger partial charge on any atom is -0.388 e. The third-order valence-corrected chi connectivity index (χ3v) is 3.52. The average molecular weight is 256 g/mol. The van der Waals surface area contributed by atoms with E-state index in [4.69, 9.17) is 12.2 Å². The summed E-state index contributed by atoms with van der Waals surface area (Å²) in [5.74, 6) is 0.548. The molecule has 0 aromatic carbocycles. The van der Waals surface area contributed by atoms with E-state index in [9.17, 15) is 5.11 Å². The van der Waals surface area contributed by atoms with Gasteiger partial charge in [-0.1, -0.05) is 6.92 Å². The molecule has 1 atom stereocenters. The summed E-state index contributed by atoms with van der Waals surface area (Å²) < 4.78 is 2.35. The maximum atomic E-state index is 9.21. The van der Waals surface area contributed by atoms with Crippen LogP contribution in [0.3, 0.4) is 0 Å². The van der Waals surface area contributed by atoms with Gasteiger partial charge in [0.1, 0.15) is 11.6 Å². The normalized spacial score (nSPS) is 12.9. The van der Waals surface area contributed by atoms with Gasteiger partial charge < -0.3 is 5.11 Å². The average Bonchev–Trinajstić information content (AvgIpc) is 2.91. The van der Waals surface area contributed by atoms with Crippen molar-refractivity contribution in [1.29, 1.82) is 0 Å². The first-order valence-electron chi connectivity index (χ1n) is 4.94. The van der Waals surface area contributed by atoms with Crippen LogP contribution >= 0.6 is 23.6 Å². The zero-order valence-electron chi connectivity index (χ0n) is 8.75. The number of aliphatic hydroxyl groups is 1. The number of nitrogens with zero attached hydrogens (tertiary/aromatic N) is 3. The first-order valence-corrected chi connectivity index (χ1v) is 6.22. The molecule has 2 aromatic rings. The van der Waals surface area contributed by atoms with Gasteiger partial charge in [0, 0.05) is 11.6 Å². The summed E-state index contributed by atoms with van der Waals surface area (Å²) in [7, 11) is 0. The van der Waals surface area contributed by atoms with Crippen LogP contribution in [0.1, 0.15) is 30.2 Å². The van der Waals surface area contributed by atoms with E-state index in [2.05, 4.69) is 22.1 Å². The molecule has 2 aromatic heterocycles. The van der Waals surface area contributed by atoms with Crippen LogP contribution in [0.25, 0.3) is 0 Å². The second kappa shape index (κ2) is 4.86. The van der Waals surface area contributed by atoms with Crippen LogP contribution in [-0.2, 0) is 6.61 Å². The molecule has 86 valence electrons. The molecule has 16 heavy (non-hydrogen) atoms. The van der Waals surface area contributed by atoms with Crippen LogP contribution < -0.4 is 0 Å². The predicted molar refractivity (Wildman–Crippen MR) is 63.9 cm³/mol. The number of aromatic amines is 1. The lowest BCUT2D eigenvalue weighted by Crippen LogP contribution is -2.13. The second-order valence-corrected chi connectivity index (χ2v) is 4.58. The molecule has 2 rings (SSSR count). The van der Waals surface area contributed by atoms with Crippen molar-refractivity contribution in [1.82, 2.24) is 19.7 Å². The highest BCUT2D eigenvalue weighted by Gasteiger charge is 2.18. The van der Waals surface area contributed by atoms with Crippen molar-refractivity contribution >= 4 is 23.6 Å². The Bertz CT molecular complexity index is 502. The van der Waals surface area contributed by atoms with Crippen LogP contribution in [0.4, 0.5) is 0 Å². The number of hydrogen-bond donors (Lipinski definition) is 2. The Morgan fingerprint density at radius 1 is 1.69 bits per heavy atom. The van der Waals surface area contributed by atoms with Gasteiger partial charge in [0.15, 0.2) is 10.6 Å². The molecule has 0 amide bonds. The van der Waals surface area contributed by atoms with Crippen molar-refractivity contribution in [2.75, 3.05) is 0 Å². The maximum Gasteiger partial charge on any atom is 0.195 e. The van der Waals surface area contributed by atoms with Crippen LogP contribution in [-0.4, -0.2) is 24.9 Å². The third kappa shape index (κ3) is 1.93. The number of hydrogen-bond acceptors (Lipinski definition) is 5. The van der Waals surface area contributed by atoms with E-state index >= 15 is 0 Å². The van der Waals surface area contributed by atoms with Crippen molar-refractivity contribution in [2.45, 2.75) is 26.0 Å². The summed E-state index contributed by atoms with van der Waals surface area (Å²) in [6, 6.07) is 0.0494. The van der Waals surface area contributed by atoms with Crippen molar-refractivity contribution < 1.29 is 5.11 Å². The lowest BCUT2D eigenvalue weighted by molar-refractivity contribution is 0.261. The highest BCUT2D eigenvalue weighted by molar-refractivity contribution is 7.71. The van der Waals surface area contributed by atoms with Crippen molar-refractivity contribution in [3.8, 4) is 0 Å². The van der Waals surface area contributed by atoms with Gasteiger partial charge in [-0.2, -0.15) is 5.10 Å². The molecule has 1 unspecified atom stereocenters. The van der Waals surface area contributed by atoms with Crippen LogP contribution in [0.5, 0.6) is 0 Å². The molecule has 0 radical (unpaired) electrons. The summed E-state index contributed by atoms with van der Waals surface area (Å²) in [6.07, 6.45) is 2.62. The van der Waals surface area contributed by atoms with Gasteiger partial charge in [0.05, 0.1) is 6.04 Å². The molecule has 0 aliphatic rings. The second-order valence-electron chi connectivity index (χ2n) is 3.27. The van der Waals surface area contributed by atoms with Gasteiger partial charge in [-0.05, 0) is 18.6 Å². The van der Waals surface area contributed by atoms with Crippen LogP contribution in [0.2, 0.25) is 0 Å². The predicted octanol–water partition coefficient (Wildman–Crippen LogP) is 1.89. The summed E-state index contributed by atoms with van der Waals surface area (Å²) in [4.78, 5) is 4.29. The Labute approximate surface area is 102 Å². The first kappa shape index (κ1) is 11.4. The third-order valence-electron chi connectivity index (χ3n) is 2.35. The quantitative estimate of drug-likeness (QED) is 0.820. The molecule has 0 saturated heterocycles. The van der Waals surface area contributed by atoms with Gasteiger partial charge in [-0.3, -0.25) is 9.67 Å². The fourth-order valence-electron chi connectivity index (χ4n) is 1.64. The minimum absolute atomic E-state index is 0.0494. The Balaban J connectivity index is 2.48. The van der Waals surface area contributed by atoms with E-state index in [1.165, 1.54) is 0 Å². The standard InChI is InChI=1S/C9H12N4OS2/c1-2-6(8-10-3-4-16-8)13-7(5-14)11-12-9(13)15/h3-4,6,14H,2,5H2,1H3,(H,12,15). The molecule has 0 aliphatic heterocycles. The molecular weight excluding hydrogens is 244 g/mol. The van der Waals surface area contributed by atoms with E-state index in [-0.39, 0.29) is 12.6 Å². The highest BCUT2D eigenvalue weighted by atomic mass is 32.1. The summed E-state index contributed by atoms with van der Waals surface area (Å²) >= 11 is 6.75. The topological polar surface area (TPSA) is 66.7 Å². The number of H-pyrrole nitrogens is 1. The summed E-state index contributed by atoms with van der Waals surface area (Å²) in [5.41, 5.74) is 0. The Morgan fingerprint density at radius 2 is 2.50 bits per heavy atom. The van der Waals surface area contributed by atoms with Gasteiger partial charge in [-0.25, -0.2) is 4.98 Å². The molecule has 2 N–H and O–H groups in total. The monoisotopic (exact) mass is 256 g/mol. The number of aromatic nitrogens is 4. The number of nitrogens with one attached hydrogen (secondary N) is 1. The molecule has 7 heteroatoms. The van der Waals surface area contributed by atoms with Crippen LogP contribution in [0.15, 0.2) is 11.6 Å². The maximum absolute atomic E-state index is 9.21. The number of aliphatic hydroxyl groups excluding tert-OH is 1. The van der Waals surface area contributed by atoms with Crippen LogP contribution in [0, 0.1) is 4.77 Å². The fourth-order valence-corrected chi connectivity index (χ4v) is 2.73. The zero-order valence-corrected chi connectivity index (χ0v) is 10.4. The Hall–Kier alpha value is -1.05. The van der Waals surface area contributed by atoms with E-state index in [0.717, 1.165) is 11.4 Å². The lowest BCUT2D eigenvalue weighted by Gasteiger charge is -2.15. The molecule has 0 spiro atoms. The lowest BCUT2D eigenvalue weighted by atomic mass is 10.2. The van der Waals surface area contributed by atoms with Gasteiger partial charge in [-0.15, -0.1) is 11.3 Å². The van der Waals surface area contributed by atoms with Crippen molar-refractivity contribution in [3.05, 3.63) is 27.2 Å². The minimum atomic E-state index is -0.130. The zero-order chi connectivity index (χ0) is 11.5. The Kier molecular flexibility index (Phi) is 3.47. The fraction of sp³-hybridized carbons (Fsp3) is 0.444. The van der Waals surface area contributed by atoms with Gasteiger partial charge >= 0.3 is 0 Å². The molecule has 2 heterocycles. The van der Waals surface area contributed by atoms with Crippen molar-refractivity contribution in [2.24, 2.45) is 0 Å². The molecule has 5 nitrogen and oxygen atoms in total. The summed E-state index contributed by atoms with van der Waals surface area (Å²) in [5, 5.41) is 18.8. The first-order chi connectivity index (χ1) is 7.77. The molecule has 0 fully saturated rings. The Morgan fingerprint density at radius 3 is 3.06 bits per heavy atom. The summed E-state index contributed by atoms with van der Waals surface area (Å²) in [6.45, 7) is 1.93. The van der Waals surface area contributed by atoms with E-state index in [0.29, 0.717) is 10.6 Å². The molecule has 0 saturated carbocycles. The number of thiazole rings is 1. The van der Waals surface area contributed by atoms with Gasteiger partial charge in [0.25, 0.3) is 0 Å². The largest absolute Gasteiger partial charge is 0.388 e. The van der Waals surface area contributed by atoms with E-state index < -0.39 is 0 Å². The van der Waals surface area contributed by atoms with Gasteiger partial charge in [0.2, 0.25) is 0 Å². The van der Waals surface area contributed by atoms with E-state index in [1.807, 2.05) is 9.95 Å². The molecular formula is C9H12N4OS2. The van der Waals surface area contributed by atoms with Crippen molar-refractivity contribution in [3.63, 3.8) is 0 Å². The SMILES string of the molecule is CCC(c1nccs1)n1c(CO)n[nH]c1=S. The highest BCUT2D eigenvalue weighted by Crippen LogP contribution is 2.25. The molecule has 0 aliphatic carbocycles.